The van der Waals surface area contributed by atoms with E-state index in [0.717, 1.165) is 47.3 Å². The molecular weight excluding hydrogens is 348 g/mol. The summed E-state index contributed by atoms with van der Waals surface area (Å²) < 4.78 is 0. The van der Waals surface area contributed by atoms with Crippen molar-refractivity contribution < 1.29 is 0 Å². The maximum atomic E-state index is 2.75. The average Bonchev–Trinajstić information content (AvgIpc) is 3.02. The molecule has 0 saturated heterocycles. The van der Waals surface area contributed by atoms with Gasteiger partial charge in [0.2, 0.25) is 0 Å². The molecule has 4 aliphatic rings. The van der Waals surface area contributed by atoms with Crippen LogP contribution in [0.5, 0.6) is 0 Å². The minimum absolute atomic E-state index is 0.686. The lowest BCUT2D eigenvalue weighted by molar-refractivity contribution is -0.117. The number of fused-ring (bicyclic) bond motifs is 5. The highest BCUT2D eigenvalue weighted by Gasteiger charge is 2.59. The third-order valence-electron chi connectivity index (χ3n) is 11.7. The second-order valence-corrected chi connectivity index (χ2v) is 13.2. The van der Waals surface area contributed by atoms with E-state index in [1.54, 1.807) is 51.4 Å². The molecule has 4 aliphatic carbocycles. The maximum Gasteiger partial charge on any atom is -0.0266 e. The lowest BCUT2D eigenvalue weighted by atomic mass is 9.44. The summed E-state index contributed by atoms with van der Waals surface area (Å²) in [5, 5.41) is 0. The van der Waals surface area contributed by atoms with Gasteiger partial charge in [-0.05, 0) is 116 Å². The van der Waals surface area contributed by atoms with Crippen molar-refractivity contribution in [2.45, 2.75) is 125 Å². The molecule has 0 N–H and O–H groups in total. The summed E-state index contributed by atoms with van der Waals surface area (Å²) in [4.78, 5) is 0. The van der Waals surface area contributed by atoms with Crippen molar-refractivity contribution in [3.63, 3.8) is 0 Å². The quantitative estimate of drug-likeness (QED) is 0.417. The van der Waals surface area contributed by atoms with E-state index in [2.05, 4.69) is 41.5 Å². The van der Waals surface area contributed by atoms with E-state index < -0.39 is 0 Å². The van der Waals surface area contributed by atoms with Gasteiger partial charge in [-0.25, -0.2) is 0 Å². The Morgan fingerprint density at radius 1 is 0.862 bits per heavy atom. The fraction of sp³-hybridized carbons (Fsp3) is 1.00. The largest absolute Gasteiger partial charge is 0.0651 e. The van der Waals surface area contributed by atoms with E-state index in [0.29, 0.717) is 10.8 Å². The number of hydrogen-bond donors (Lipinski definition) is 0. The van der Waals surface area contributed by atoms with Gasteiger partial charge >= 0.3 is 0 Å². The van der Waals surface area contributed by atoms with Crippen molar-refractivity contribution in [2.24, 2.45) is 58.2 Å². The van der Waals surface area contributed by atoms with Crippen LogP contribution in [0.4, 0.5) is 0 Å². The van der Waals surface area contributed by atoms with Crippen molar-refractivity contribution in [1.29, 1.82) is 0 Å². The van der Waals surface area contributed by atoms with Crippen molar-refractivity contribution in [3.8, 4) is 0 Å². The summed E-state index contributed by atoms with van der Waals surface area (Å²) in [6.07, 6.45) is 19.9. The second-order valence-electron chi connectivity index (χ2n) is 13.2. The molecule has 9 atom stereocenters. The molecule has 4 fully saturated rings. The molecular formula is C29H52. The molecule has 9 unspecified atom stereocenters. The van der Waals surface area contributed by atoms with Crippen LogP contribution >= 0.6 is 0 Å². The monoisotopic (exact) mass is 400 g/mol. The van der Waals surface area contributed by atoms with Crippen LogP contribution in [0.25, 0.3) is 0 Å². The van der Waals surface area contributed by atoms with E-state index in [1.807, 2.05) is 0 Å². The lowest BCUT2D eigenvalue weighted by Crippen LogP contribution is -2.53. The predicted molar refractivity (Wildman–Crippen MR) is 127 cm³/mol. The Morgan fingerprint density at radius 2 is 1.59 bits per heavy atom. The third-order valence-corrected chi connectivity index (χ3v) is 11.7. The molecule has 29 heavy (non-hydrogen) atoms. The van der Waals surface area contributed by atoms with Crippen molar-refractivity contribution in [1.82, 2.24) is 0 Å². The Bertz CT molecular complexity index is 548. The van der Waals surface area contributed by atoms with Gasteiger partial charge in [0.05, 0.1) is 0 Å². The van der Waals surface area contributed by atoms with E-state index >= 15 is 0 Å². The van der Waals surface area contributed by atoms with Gasteiger partial charge in [0.25, 0.3) is 0 Å². The zero-order valence-electron chi connectivity index (χ0n) is 20.8. The van der Waals surface area contributed by atoms with Gasteiger partial charge in [0, 0.05) is 0 Å². The highest BCUT2D eigenvalue weighted by atomic mass is 14.6. The Morgan fingerprint density at radius 3 is 2.31 bits per heavy atom. The molecule has 0 aromatic carbocycles. The molecule has 0 aromatic rings. The highest BCUT2D eigenvalue weighted by molar-refractivity contribution is 5.09. The van der Waals surface area contributed by atoms with Crippen LogP contribution < -0.4 is 0 Å². The van der Waals surface area contributed by atoms with E-state index in [-0.39, 0.29) is 0 Å². The van der Waals surface area contributed by atoms with E-state index in [1.165, 1.54) is 32.1 Å². The van der Waals surface area contributed by atoms with Gasteiger partial charge in [-0.15, -0.1) is 0 Å². The van der Waals surface area contributed by atoms with Crippen LogP contribution in [0.1, 0.15) is 125 Å². The lowest BCUT2D eigenvalue weighted by Gasteiger charge is -2.61. The summed E-state index contributed by atoms with van der Waals surface area (Å²) in [5.74, 6) is 8.12. The molecule has 0 amide bonds. The average molecular weight is 401 g/mol. The fourth-order valence-electron chi connectivity index (χ4n) is 9.69. The molecule has 0 aromatic heterocycles. The summed E-state index contributed by atoms with van der Waals surface area (Å²) in [6, 6.07) is 0. The molecule has 0 heterocycles. The van der Waals surface area contributed by atoms with E-state index in [4.69, 9.17) is 0 Å². The molecule has 0 radical (unpaired) electrons. The van der Waals surface area contributed by atoms with E-state index in [9.17, 15) is 0 Å². The van der Waals surface area contributed by atoms with Gasteiger partial charge < -0.3 is 0 Å². The smallest absolute Gasteiger partial charge is 0.0266 e. The van der Waals surface area contributed by atoms with Crippen molar-refractivity contribution in [3.05, 3.63) is 0 Å². The van der Waals surface area contributed by atoms with Gasteiger partial charge in [0.15, 0.2) is 0 Å². The highest BCUT2D eigenvalue weighted by Crippen LogP contribution is 2.68. The molecule has 168 valence electrons. The summed E-state index contributed by atoms with van der Waals surface area (Å²) in [7, 11) is 0. The molecule has 0 aliphatic heterocycles. The molecule has 4 saturated carbocycles. The van der Waals surface area contributed by atoms with Gasteiger partial charge in [-0.2, -0.15) is 0 Å². The molecule has 0 bridgehead atoms. The van der Waals surface area contributed by atoms with Crippen molar-refractivity contribution in [2.75, 3.05) is 0 Å². The molecule has 0 nitrogen and oxygen atoms in total. The standard InChI is InChI=1S/C29H52/c1-7-22(20(2)3)9-8-10-23-12-14-26-25-13-11-24-19-21(4)15-17-29(24,6)27(25)16-18-28(23,26)5/h20-27H,7-19H2,1-6H3. The Labute approximate surface area is 183 Å². The summed E-state index contributed by atoms with van der Waals surface area (Å²) >= 11 is 0. The normalized spacial score (nSPS) is 48.1. The van der Waals surface area contributed by atoms with Gasteiger partial charge in [-0.1, -0.05) is 67.2 Å². The molecule has 4 rings (SSSR count). The number of hydrogen-bond acceptors (Lipinski definition) is 0. The zero-order valence-corrected chi connectivity index (χ0v) is 20.8. The second kappa shape index (κ2) is 8.50. The Hall–Kier alpha value is 0. The third kappa shape index (κ3) is 3.86. The first-order valence-electron chi connectivity index (χ1n) is 13.8. The van der Waals surface area contributed by atoms with Crippen LogP contribution in [0.2, 0.25) is 0 Å². The first kappa shape index (κ1) is 22.2. The SMILES string of the molecule is CCC(CCCC1CCC2C3CCC4CC(C)CCC4(C)C3CCC12C)C(C)C. The van der Waals surface area contributed by atoms with Crippen LogP contribution in [0.3, 0.4) is 0 Å². The molecule has 0 heteroatoms. The Kier molecular flexibility index (Phi) is 6.51. The van der Waals surface area contributed by atoms with Crippen LogP contribution in [-0.4, -0.2) is 0 Å². The fourth-order valence-corrected chi connectivity index (χ4v) is 9.69. The maximum absolute atomic E-state index is 2.75. The van der Waals surface area contributed by atoms with Crippen LogP contribution in [0.15, 0.2) is 0 Å². The zero-order chi connectivity index (χ0) is 20.8. The topological polar surface area (TPSA) is 0 Å². The van der Waals surface area contributed by atoms with Gasteiger partial charge in [0.1, 0.15) is 0 Å². The van der Waals surface area contributed by atoms with Crippen molar-refractivity contribution >= 4 is 0 Å². The molecule has 0 spiro atoms. The van der Waals surface area contributed by atoms with Gasteiger partial charge in [-0.3, -0.25) is 0 Å². The minimum atomic E-state index is 0.686. The summed E-state index contributed by atoms with van der Waals surface area (Å²) in [6.45, 7) is 15.3. The Balaban J connectivity index is 1.41. The predicted octanol–water partition coefficient (Wildman–Crippen LogP) is 9.13. The number of rotatable bonds is 6. The first-order valence-corrected chi connectivity index (χ1v) is 13.8. The first-order chi connectivity index (χ1) is 13.8. The van der Waals surface area contributed by atoms with Crippen LogP contribution in [0, 0.1) is 58.2 Å². The summed E-state index contributed by atoms with van der Waals surface area (Å²) in [5.41, 5.74) is 1.38. The minimum Gasteiger partial charge on any atom is -0.0651 e. The van der Waals surface area contributed by atoms with Crippen LogP contribution in [-0.2, 0) is 0 Å².